The van der Waals surface area contributed by atoms with Gasteiger partial charge >= 0.3 is 5.97 Å². The van der Waals surface area contributed by atoms with Crippen LogP contribution in [-0.2, 0) is 9.53 Å². The van der Waals surface area contributed by atoms with Crippen LogP contribution in [0.15, 0.2) is 12.2 Å². The predicted molar refractivity (Wildman–Crippen MR) is 114 cm³/mol. The number of unbranched alkanes of at least 4 members (excludes halogenated alkanes) is 10. The van der Waals surface area contributed by atoms with E-state index in [1.54, 1.807) is 6.92 Å². The maximum Gasteiger partial charge on any atom is 0.333 e. The molecule has 0 spiro atoms. The molecule has 154 valence electrons. The van der Waals surface area contributed by atoms with E-state index in [1.165, 1.54) is 77.0 Å². The zero-order chi connectivity index (χ0) is 19.6. The summed E-state index contributed by atoms with van der Waals surface area (Å²) in [7, 11) is 0. The molecule has 1 unspecified atom stereocenters. The average molecular weight is 367 g/mol. The molecule has 0 aromatic heterocycles. The van der Waals surface area contributed by atoms with E-state index in [9.17, 15) is 4.79 Å². The van der Waals surface area contributed by atoms with Gasteiger partial charge in [0.15, 0.2) is 0 Å². The minimum Gasteiger partial charge on any atom is -0.462 e. The van der Waals surface area contributed by atoms with Crippen LogP contribution in [0.5, 0.6) is 0 Å². The van der Waals surface area contributed by atoms with Crippen molar-refractivity contribution in [2.24, 2.45) is 11.8 Å². The van der Waals surface area contributed by atoms with E-state index in [-0.39, 0.29) is 5.97 Å². The second kappa shape index (κ2) is 17.6. The molecule has 0 saturated heterocycles. The number of rotatable bonds is 18. The van der Waals surface area contributed by atoms with Crippen molar-refractivity contribution in [3.05, 3.63) is 12.2 Å². The van der Waals surface area contributed by atoms with E-state index in [0.29, 0.717) is 12.2 Å². The lowest BCUT2D eigenvalue weighted by Crippen LogP contribution is -2.10. The molecule has 0 bridgehead atoms. The van der Waals surface area contributed by atoms with Crippen LogP contribution in [0, 0.1) is 11.8 Å². The second-order valence-corrected chi connectivity index (χ2v) is 8.39. The molecule has 0 aromatic rings. The number of esters is 1. The summed E-state index contributed by atoms with van der Waals surface area (Å²) in [6.07, 6.45) is 18.8. The highest BCUT2D eigenvalue weighted by molar-refractivity contribution is 5.86. The normalized spacial score (nSPS) is 12.3. The Morgan fingerprint density at radius 1 is 0.808 bits per heavy atom. The smallest absolute Gasteiger partial charge is 0.333 e. The summed E-state index contributed by atoms with van der Waals surface area (Å²) in [5.74, 6) is 1.32. The number of carbonyl (C=O) groups is 1. The van der Waals surface area contributed by atoms with E-state index in [2.05, 4.69) is 27.4 Å². The van der Waals surface area contributed by atoms with Crippen LogP contribution in [0.1, 0.15) is 118 Å². The summed E-state index contributed by atoms with van der Waals surface area (Å²) in [5.41, 5.74) is 0.492. The van der Waals surface area contributed by atoms with Crippen molar-refractivity contribution >= 4 is 5.97 Å². The van der Waals surface area contributed by atoms with Gasteiger partial charge in [0.2, 0.25) is 0 Å². The Kier molecular flexibility index (Phi) is 17.1. The molecule has 0 radical (unpaired) electrons. The molecule has 0 N–H and O–H groups in total. The minimum atomic E-state index is -0.254. The first-order valence-electron chi connectivity index (χ1n) is 11.3. The van der Waals surface area contributed by atoms with Gasteiger partial charge < -0.3 is 4.74 Å². The maximum absolute atomic E-state index is 11.3. The van der Waals surface area contributed by atoms with Crippen LogP contribution < -0.4 is 0 Å². The molecule has 2 nitrogen and oxygen atoms in total. The molecule has 0 amide bonds. The van der Waals surface area contributed by atoms with Gasteiger partial charge in [-0.05, 0) is 31.6 Å². The van der Waals surface area contributed by atoms with Gasteiger partial charge in [0, 0.05) is 5.57 Å². The van der Waals surface area contributed by atoms with Crippen molar-refractivity contribution in [3.8, 4) is 0 Å². The Morgan fingerprint density at radius 2 is 1.27 bits per heavy atom. The van der Waals surface area contributed by atoms with Gasteiger partial charge in [-0.2, -0.15) is 0 Å². The van der Waals surface area contributed by atoms with Gasteiger partial charge in [0.1, 0.15) is 0 Å². The summed E-state index contributed by atoms with van der Waals surface area (Å²) in [4.78, 5) is 11.3. The fourth-order valence-electron chi connectivity index (χ4n) is 3.50. The third kappa shape index (κ3) is 15.5. The molecule has 0 heterocycles. The third-order valence-corrected chi connectivity index (χ3v) is 5.42. The standard InChI is InChI=1S/C24H46O2/c1-6-7-8-9-10-11-12-13-14-15-18-23(21(2)3)19-16-17-20-26-24(25)22(4)5/h21,23H,4,6-20H2,1-3,5H3. The van der Waals surface area contributed by atoms with E-state index in [4.69, 9.17) is 4.74 Å². The van der Waals surface area contributed by atoms with Crippen LogP contribution in [0.3, 0.4) is 0 Å². The lowest BCUT2D eigenvalue weighted by Gasteiger charge is -2.20. The first-order chi connectivity index (χ1) is 12.5. The van der Waals surface area contributed by atoms with Gasteiger partial charge in [-0.25, -0.2) is 4.79 Å². The van der Waals surface area contributed by atoms with Crippen molar-refractivity contribution < 1.29 is 9.53 Å². The molecule has 0 aliphatic heterocycles. The first-order valence-corrected chi connectivity index (χ1v) is 11.3. The Morgan fingerprint density at radius 3 is 1.73 bits per heavy atom. The lowest BCUT2D eigenvalue weighted by molar-refractivity contribution is -0.139. The molecule has 1 atom stereocenters. The maximum atomic E-state index is 11.3. The van der Waals surface area contributed by atoms with Gasteiger partial charge in [-0.15, -0.1) is 0 Å². The SMILES string of the molecule is C=C(C)C(=O)OCCCCC(CCCCCCCCCCCC)C(C)C. The molecule has 0 fully saturated rings. The summed E-state index contributed by atoms with van der Waals surface area (Å²) in [6, 6.07) is 0. The lowest BCUT2D eigenvalue weighted by atomic mass is 9.86. The molecular formula is C24H46O2. The van der Waals surface area contributed by atoms with Crippen LogP contribution in [0.4, 0.5) is 0 Å². The van der Waals surface area contributed by atoms with Crippen molar-refractivity contribution in [3.63, 3.8) is 0 Å². The molecule has 2 heteroatoms. The fraction of sp³-hybridized carbons (Fsp3) is 0.875. The predicted octanol–water partition coefficient (Wildman–Crippen LogP) is 7.86. The van der Waals surface area contributed by atoms with Crippen LogP contribution in [0.25, 0.3) is 0 Å². The average Bonchev–Trinajstić information content (AvgIpc) is 2.60. The Labute approximate surface area is 164 Å². The zero-order valence-electron chi connectivity index (χ0n) is 18.3. The molecule has 0 saturated carbocycles. The van der Waals surface area contributed by atoms with E-state index in [1.807, 2.05) is 0 Å². The van der Waals surface area contributed by atoms with Crippen molar-refractivity contribution in [1.29, 1.82) is 0 Å². The van der Waals surface area contributed by atoms with Crippen molar-refractivity contribution in [1.82, 2.24) is 0 Å². The van der Waals surface area contributed by atoms with E-state index < -0.39 is 0 Å². The van der Waals surface area contributed by atoms with Crippen LogP contribution in [0.2, 0.25) is 0 Å². The highest BCUT2D eigenvalue weighted by Gasteiger charge is 2.13. The van der Waals surface area contributed by atoms with Crippen molar-refractivity contribution in [2.45, 2.75) is 118 Å². The van der Waals surface area contributed by atoms with Crippen molar-refractivity contribution in [2.75, 3.05) is 6.61 Å². The highest BCUT2D eigenvalue weighted by Crippen LogP contribution is 2.25. The Bertz CT molecular complexity index is 346. The molecule has 0 aliphatic carbocycles. The number of hydrogen-bond donors (Lipinski definition) is 0. The van der Waals surface area contributed by atoms with Gasteiger partial charge in [-0.1, -0.05) is 104 Å². The monoisotopic (exact) mass is 366 g/mol. The third-order valence-electron chi connectivity index (χ3n) is 5.42. The van der Waals surface area contributed by atoms with E-state index in [0.717, 1.165) is 24.7 Å². The van der Waals surface area contributed by atoms with E-state index >= 15 is 0 Å². The Hall–Kier alpha value is -0.790. The Balaban J connectivity index is 3.59. The number of hydrogen-bond acceptors (Lipinski definition) is 2. The molecular weight excluding hydrogens is 320 g/mol. The zero-order valence-corrected chi connectivity index (χ0v) is 18.3. The van der Waals surface area contributed by atoms with Gasteiger partial charge in [0.05, 0.1) is 6.61 Å². The molecule has 0 rings (SSSR count). The van der Waals surface area contributed by atoms with Crippen LogP contribution in [-0.4, -0.2) is 12.6 Å². The quantitative estimate of drug-likeness (QED) is 0.140. The first kappa shape index (κ1) is 25.2. The van der Waals surface area contributed by atoms with Gasteiger partial charge in [0.25, 0.3) is 0 Å². The van der Waals surface area contributed by atoms with Crippen LogP contribution >= 0.6 is 0 Å². The molecule has 0 aromatic carbocycles. The fourth-order valence-corrected chi connectivity index (χ4v) is 3.50. The molecule has 0 aliphatic rings. The number of carbonyl (C=O) groups excluding carboxylic acids is 1. The summed E-state index contributed by atoms with van der Waals surface area (Å²) < 4.78 is 5.17. The van der Waals surface area contributed by atoms with Gasteiger partial charge in [-0.3, -0.25) is 0 Å². The topological polar surface area (TPSA) is 26.3 Å². The second-order valence-electron chi connectivity index (χ2n) is 8.39. The minimum absolute atomic E-state index is 0.254. The number of ether oxygens (including phenoxy) is 1. The largest absolute Gasteiger partial charge is 0.462 e. The molecule has 26 heavy (non-hydrogen) atoms. The summed E-state index contributed by atoms with van der Waals surface area (Å²) >= 11 is 0. The highest BCUT2D eigenvalue weighted by atomic mass is 16.5. The summed E-state index contributed by atoms with van der Waals surface area (Å²) in [5, 5.41) is 0. The summed E-state index contributed by atoms with van der Waals surface area (Å²) in [6.45, 7) is 12.8.